The Kier molecular flexibility index (Phi) is 12.3. The lowest BCUT2D eigenvalue weighted by atomic mass is 9.92. The number of carbonyl (C=O) groups excluding carboxylic acids is 4. The fourth-order valence-corrected chi connectivity index (χ4v) is 12.7. The van der Waals surface area contributed by atoms with Gasteiger partial charge < -0.3 is 24.8 Å². The van der Waals surface area contributed by atoms with Crippen molar-refractivity contribution in [3.8, 4) is 29.6 Å². The summed E-state index contributed by atoms with van der Waals surface area (Å²) >= 11 is 0. The number of ether oxygens (including phenoxy) is 1. The first-order valence-electron chi connectivity index (χ1n) is 25.8. The van der Waals surface area contributed by atoms with Crippen LogP contribution in [0.5, 0.6) is 6.01 Å². The van der Waals surface area contributed by atoms with Crippen molar-refractivity contribution in [2.24, 2.45) is 5.92 Å². The van der Waals surface area contributed by atoms with E-state index in [2.05, 4.69) is 48.1 Å². The second-order valence-electron chi connectivity index (χ2n) is 21.0. The molecule has 3 aromatic carbocycles. The van der Waals surface area contributed by atoms with E-state index >= 15 is 4.39 Å². The third-order valence-electron chi connectivity index (χ3n) is 16.7. The van der Waals surface area contributed by atoms with Crippen LogP contribution >= 0.6 is 0 Å². The van der Waals surface area contributed by atoms with Crippen LogP contribution in [0.15, 0.2) is 60.8 Å². The van der Waals surface area contributed by atoms with Crippen LogP contribution in [0.1, 0.15) is 77.6 Å². The van der Waals surface area contributed by atoms with Crippen LogP contribution in [0.3, 0.4) is 0 Å². The van der Waals surface area contributed by atoms with Gasteiger partial charge in [0.05, 0.1) is 16.5 Å². The summed E-state index contributed by atoms with van der Waals surface area (Å²) in [6.45, 7) is 9.79. The monoisotopic (exact) mass is 973 g/mol. The molecule has 7 aliphatic heterocycles. The summed E-state index contributed by atoms with van der Waals surface area (Å²) in [5, 5.41) is 8.23. The first-order chi connectivity index (χ1) is 35.1. The molecule has 2 bridgehead atoms. The van der Waals surface area contributed by atoms with Gasteiger partial charge in [-0.15, -0.1) is 6.42 Å². The number of anilines is 2. The van der Waals surface area contributed by atoms with Gasteiger partial charge in [-0.2, -0.15) is 9.97 Å². The minimum Gasteiger partial charge on any atom is -0.462 e. The van der Waals surface area contributed by atoms with E-state index in [1.54, 1.807) is 18.3 Å². The first-order valence-corrected chi connectivity index (χ1v) is 25.8. The van der Waals surface area contributed by atoms with Gasteiger partial charge in [0.1, 0.15) is 29.7 Å². The summed E-state index contributed by atoms with van der Waals surface area (Å²) in [5.74, 6) is 1.59. The molecule has 2 N–H and O–H groups in total. The number of likely N-dealkylation sites (N-methyl/N-ethyl adjacent to an activating group) is 1. The molecule has 0 spiro atoms. The molecule has 17 heteroatoms. The van der Waals surface area contributed by atoms with Crippen LogP contribution in [-0.2, 0) is 9.59 Å². The quantitative estimate of drug-likeness (QED) is 0.139. The van der Waals surface area contributed by atoms with E-state index in [-0.39, 0.29) is 42.0 Å². The summed E-state index contributed by atoms with van der Waals surface area (Å²) in [6, 6.07) is 17.4. The van der Waals surface area contributed by atoms with E-state index in [9.17, 15) is 19.2 Å². The van der Waals surface area contributed by atoms with Gasteiger partial charge in [-0.25, -0.2) is 4.39 Å². The standard InChI is InChI=1S/C55H60FN11O5/c1-3-34-6-4-7-35-8-5-9-42(47(34)35)49-48(56)50-44(28-57-49)51(66-29-36-10-11-37(30-66)58-36)61-55(60-50)72-32-40-26-39(31-62(40)2)65-24-22-63(23-25-65)19-16-33-17-20-64(21-18-33)38-12-13-41-43(27-38)54(71)67(53(41)70)45-14-15-46(68)59-52(45)69/h1,4-9,12-13,27-28,33,36-37,39-40,45,58H,10-11,14-26,29-32H2,2H3,(H,59,68,69)/t36?,37?,39-,40-,45?/m1/s1. The largest absolute Gasteiger partial charge is 0.462 e. The van der Waals surface area contributed by atoms with Crippen LogP contribution in [0.4, 0.5) is 15.9 Å². The summed E-state index contributed by atoms with van der Waals surface area (Å²) < 4.78 is 23.6. The molecule has 0 radical (unpaired) electrons. The van der Waals surface area contributed by atoms with Crippen molar-refractivity contribution >= 4 is 56.8 Å². The van der Waals surface area contributed by atoms with E-state index in [4.69, 9.17) is 26.1 Å². The Morgan fingerprint density at radius 3 is 2.36 bits per heavy atom. The molecule has 5 atom stereocenters. The molecule has 72 heavy (non-hydrogen) atoms. The number of benzene rings is 3. The lowest BCUT2D eigenvalue weighted by Gasteiger charge is -2.39. The molecule has 0 aliphatic carbocycles. The van der Waals surface area contributed by atoms with Gasteiger partial charge in [-0.1, -0.05) is 36.3 Å². The topological polar surface area (TPSA) is 160 Å². The Balaban J connectivity index is 0.650. The number of amides is 4. The molecular weight excluding hydrogens is 914 g/mol. The fourth-order valence-electron chi connectivity index (χ4n) is 12.7. The normalized spacial score (nSPS) is 25.5. The van der Waals surface area contributed by atoms with Crippen LogP contribution in [0.2, 0.25) is 0 Å². The Bertz CT molecular complexity index is 3020. The van der Waals surface area contributed by atoms with E-state index in [0.717, 1.165) is 125 Å². The zero-order valence-corrected chi connectivity index (χ0v) is 40.7. The maximum atomic E-state index is 17.1. The SMILES string of the molecule is C#Cc1cccc2cccc(-c3ncc4c(N5CC6CCC(C5)N6)nc(OC[C@H]5C[C@@H](N6CCN(CCC7CCN(c8ccc9c(c8)C(=O)N(C8CCC(=O)NC8=O)C9=O)CC7)CC6)CN5C)nc4c3F)c12. The number of imide groups is 2. The highest BCUT2D eigenvalue weighted by Gasteiger charge is 2.45. The second kappa shape index (κ2) is 19.1. The third kappa shape index (κ3) is 8.61. The van der Waals surface area contributed by atoms with Gasteiger partial charge >= 0.3 is 6.01 Å². The Morgan fingerprint density at radius 2 is 1.60 bits per heavy atom. The number of piperazine rings is 2. The molecule has 9 heterocycles. The number of halogens is 1. The number of carbonyl (C=O) groups is 4. The van der Waals surface area contributed by atoms with Crippen molar-refractivity contribution in [2.45, 2.75) is 81.6 Å². The van der Waals surface area contributed by atoms with E-state index in [0.29, 0.717) is 64.1 Å². The Hall–Kier alpha value is -6.58. The van der Waals surface area contributed by atoms with Crippen molar-refractivity contribution in [2.75, 3.05) is 88.9 Å². The highest BCUT2D eigenvalue weighted by atomic mass is 19.1. The number of hydrogen-bond acceptors (Lipinski definition) is 14. The van der Waals surface area contributed by atoms with E-state index in [1.165, 1.54) is 0 Å². The molecule has 12 rings (SSSR count). The number of hydrogen-bond donors (Lipinski definition) is 2. The number of nitrogens with one attached hydrogen (secondary N) is 2. The van der Waals surface area contributed by atoms with Gasteiger partial charge in [0, 0.05) is 118 Å². The maximum absolute atomic E-state index is 17.1. The zero-order chi connectivity index (χ0) is 49.2. The van der Waals surface area contributed by atoms with Crippen molar-refractivity contribution in [3.63, 3.8) is 0 Å². The minimum absolute atomic E-state index is 0.0947. The first kappa shape index (κ1) is 46.5. The van der Waals surface area contributed by atoms with Crippen LogP contribution in [-0.4, -0.2) is 167 Å². The lowest BCUT2D eigenvalue weighted by Crippen LogP contribution is -2.54. The van der Waals surface area contributed by atoms with Gasteiger partial charge in [0.15, 0.2) is 5.82 Å². The Morgan fingerprint density at radius 1 is 0.833 bits per heavy atom. The number of piperidine rings is 2. The number of fused-ring (bicyclic) bond motifs is 5. The molecule has 4 amide bonds. The number of likely N-dealkylation sites (tertiary alicyclic amines) is 1. The number of aromatic nitrogens is 3. The van der Waals surface area contributed by atoms with E-state index < -0.39 is 29.6 Å². The van der Waals surface area contributed by atoms with Gasteiger partial charge in [-0.05, 0) is 94.1 Å². The average Bonchev–Trinajstić information content (AvgIpc) is 4.03. The number of terminal acetylenes is 1. The fraction of sp³-hybridized carbons (Fsp3) is 0.473. The predicted molar refractivity (Wildman–Crippen MR) is 271 cm³/mol. The maximum Gasteiger partial charge on any atom is 0.319 e. The minimum atomic E-state index is -0.970. The molecule has 0 saturated carbocycles. The van der Waals surface area contributed by atoms with Crippen LogP contribution in [0, 0.1) is 24.1 Å². The second-order valence-corrected chi connectivity index (χ2v) is 21.0. The molecule has 5 aromatic rings. The van der Waals surface area contributed by atoms with E-state index in [1.807, 2.05) is 42.5 Å². The van der Waals surface area contributed by atoms with Gasteiger partial charge in [0.25, 0.3) is 11.8 Å². The van der Waals surface area contributed by atoms with Crippen molar-refractivity contribution in [1.29, 1.82) is 0 Å². The molecule has 16 nitrogen and oxygen atoms in total. The third-order valence-corrected chi connectivity index (χ3v) is 16.7. The molecule has 7 aliphatic rings. The summed E-state index contributed by atoms with van der Waals surface area (Å²) in [6.07, 6.45) is 14.3. The Labute approximate surface area is 418 Å². The molecule has 3 unspecified atom stereocenters. The molecule has 6 saturated heterocycles. The molecule has 372 valence electrons. The number of pyridine rings is 1. The van der Waals surface area contributed by atoms with Crippen molar-refractivity contribution < 1.29 is 28.3 Å². The van der Waals surface area contributed by atoms with Gasteiger partial charge in [-0.3, -0.25) is 44.2 Å². The summed E-state index contributed by atoms with van der Waals surface area (Å²) in [7, 11) is 2.16. The zero-order valence-electron chi connectivity index (χ0n) is 40.7. The highest BCUT2D eigenvalue weighted by Crippen LogP contribution is 2.38. The van der Waals surface area contributed by atoms with Gasteiger partial charge in [0.2, 0.25) is 11.8 Å². The van der Waals surface area contributed by atoms with Crippen molar-refractivity contribution in [3.05, 3.63) is 83.3 Å². The number of nitrogens with zero attached hydrogens (tertiary/aromatic N) is 9. The lowest BCUT2D eigenvalue weighted by molar-refractivity contribution is -0.136. The molecule has 2 aromatic heterocycles. The van der Waals surface area contributed by atoms with Crippen LogP contribution < -0.4 is 25.2 Å². The molecular formula is C55H60FN11O5. The smallest absolute Gasteiger partial charge is 0.319 e. The summed E-state index contributed by atoms with van der Waals surface area (Å²) in [5.41, 5.74) is 3.23. The number of rotatable bonds is 11. The van der Waals surface area contributed by atoms with Crippen LogP contribution in [0.25, 0.3) is 32.9 Å². The predicted octanol–water partition coefficient (Wildman–Crippen LogP) is 4.68. The summed E-state index contributed by atoms with van der Waals surface area (Å²) in [4.78, 5) is 78.6. The average molecular weight is 974 g/mol. The molecule has 6 fully saturated rings. The van der Waals surface area contributed by atoms with Crippen molar-refractivity contribution in [1.82, 2.24) is 45.2 Å². The highest BCUT2D eigenvalue weighted by molar-refractivity contribution is 6.23.